The number of fused-ring (bicyclic) bond motifs is 1. The van der Waals surface area contributed by atoms with E-state index in [1.807, 2.05) is 41.1 Å². The summed E-state index contributed by atoms with van der Waals surface area (Å²) in [6.45, 7) is 1.15. The van der Waals surface area contributed by atoms with Crippen LogP contribution in [0.3, 0.4) is 0 Å². The Morgan fingerprint density at radius 1 is 1.04 bits per heavy atom. The molecule has 27 heavy (non-hydrogen) atoms. The van der Waals surface area contributed by atoms with Gasteiger partial charge in [-0.15, -0.1) is 0 Å². The summed E-state index contributed by atoms with van der Waals surface area (Å²) in [4.78, 5) is 15.4. The Labute approximate surface area is 157 Å². The number of ether oxygens (including phenoxy) is 1. The fraction of sp³-hybridized carbons (Fsp3) is 0.100. The quantitative estimate of drug-likeness (QED) is 0.685. The highest BCUT2D eigenvalue weighted by Crippen LogP contribution is 2.27. The van der Waals surface area contributed by atoms with E-state index in [1.54, 1.807) is 25.5 Å². The molecule has 6 nitrogen and oxygen atoms in total. The molecule has 0 heterocycles. The first-order chi connectivity index (χ1) is 12.9. The number of carbonyl (C=O) groups is 1. The lowest BCUT2D eigenvalue weighted by Crippen LogP contribution is -2.28. The van der Waals surface area contributed by atoms with Gasteiger partial charge in [0.1, 0.15) is 5.75 Å². The van der Waals surface area contributed by atoms with Gasteiger partial charge >= 0.3 is 0 Å². The molecule has 0 aromatic heterocycles. The summed E-state index contributed by atoms with van der Waals surface area (Å²) in [7, 11) is -2.25. The molecule has 0 aliphatic heterocycles. The number of rotatable bonds is 5. The van der Waals surface area contributed by atoms with E-state index in [9.17, 15) is 13.2 Å². The van der Waals surface area contributed by atoms with Crippen molar-refractivity contribution in [2.24, 2.45) is 4.99 Å². The number of methoxy groups -OCH3 is 1. The van der Waals surface area contributed by atoms with E-state index in [-0.39, 0.29) is 4.90 Å². The molecule has 0 atom stereocenters. The largest absolute Gasteiger partial charge is 0.496 e. The van der Waals surface area contributed by atoms with Crippen LogP contribution in [0.1, 0.15) is 12.5 Å². The van der Waals surface area contributed by atoms with Gasteiger partial charge in [-0.2, -0.15) is 0 Å². The van der Waals surface area contributed by atoms with E-state index in [0.717, 1.165) is 23.3 Å². The summed E-state index contributed by atoms with van der Waals surface area (Å²) >= 11 is 0. The van der Waals surface area contributed by atoms with Crippen LogP contribution in [0.2, 0.25) is 0 Å². The van der Waals surface area contributed by atoms with Gasteiger partial charge < -0.3 is 4.74 Å². The molecule has 0 spiro atoms. The number of hydrogen-bond donors (Lipinski definition) is 1. The SMILES string of the molecule is COc1ccc2ccccc2c1C=Nc1ccc(S(=O)(=O)NC(C)=O)cc1. The van der Waals surface area contributed by atoms with Crippen molar-refractivity contribution in [1.82, 2.24) is 4.72 Å². The van der Waals surface area contributed by atoms with Crippen LogP contribution in [-0.2, 0) is 14.8 Å². The molecule has 0 bridgehead atoms. The number of amides is 1. The summed E-state index contributed by atoms with van der Waals surface area (Å²) in [5.74, 6) is 0.0578. The van der Waals surface area contributed by atoms with E-state index >= 15 is 0 Å². The minimum absolute atomic E-state index is 0.000563. The molecule has 0 aliphatic rings. The molecule has 0 fully saturated rings. The van der Waals surface area contributed by atoms with Crippen LogP contribution < -0.4 is 9.46 Å². The lowest BCUT2D eigenvalue weighted by Gasteiger charge is -2.08. The third kappa shape index (κ3) is 4.15. The fourth-order valence-corrected chi connectivity index (χ4v) is 3.68. The number of sulfonamides is 1. The lowest BCUT2D eigenvalue weighted by atomic mass is 10.0. The molecule has 3 aromatic carbocycles. The summed E-state index contributed by atoms with van der Waals surface area (Å²) in [5.41, 5.74) is 1.41. The van der Waals surface area contributed by atoms with Gasteiger partial charge in [-0.3, -0.25) is 9.79 Å². The number of aliphatic imine (C=N–C) groups is 1. The van der Waals surface area contributed by atoms with Crippen molar-refractivity contribution >= 4 is 38.6 Å². The molecule has 3 aromatic rings. The van der Waals surface area contributed by atoms with Gasteiger partial charge in [0.25, 0.3) is 10.0 Å². The van der Waals surface area contributed by atoms with E-state index < -0.39 is 15.9 Å². The predicted molar refractivity (Wildman–Crippen MR) is 105 cm³/mol. The predicted octanol–water partition coefficient (Wildman–Crippen LogP) is 3.42. The molecular formula is C20H18N2O4S. The molecule has 0 radical (unpaired) electrons. The average molecular weight is 382 g/mol. The van der Waals surface area contributed by atoms with Crippen LogP contribution in [0.15, 0.2) is 70.6 Å². The van der Waals surface area contributed by atoms with Gasteiger partial charge in [0, 0.05) is 18.7 Å². The highest BCUT2D eigenvalue weighted by Gasteiger charge is 2.14. The third-order valence-corrected chi connectivity index (χ3v) is 5.37. The van der Waals surface area contributed by atoms with Gasteiger partial charge in [0.05, 0.1) is 17.7 Å². The monoisotopic (exact) mass is 382 g/mol. The average Bonchev–Trinajstić information content (AvgIpc) is 2.65. The number of hydrogen-bond acceptors (Lipinski definition) is 5. The van der Waals surface area contributed by atoms with Crippen LogP contribution in [0.4, 0.5) is 5.69 Å². The van der Waals surface area contributed by atoms with Gasteiger partial charge in [0.2, 0.25) is 5.91 Å². The van der Waals surface area contributed by atoms with Crippen molar-refractivity contribution in [1.29, 1.82) is 0 Å². The highest BCUT2D eigenvalue weighted by atomic mass is 32.2. The van der Waals surface area contributed by atoms with E-state index in [1.165, 1.54) is 12.1 Å². The van der Waals surface area contributed by atoms with Crippen molar-refractivity contribution in [2.75, 3.05) is 7.11 Å². The minimum Gasteiger partial charge on any atom is -0.496 e. The third-order valence-electron chi connectivity index (χ3n) is 3.92. The maximum absolute atomic E-state index is 12.0. The molecule has 1 amide bonds. The molecule has 0 unspecified atom stereocenters. The van der Waals surface area contributed by atoms with E-state index in [2.05, 4.69) is 4.99 Å². The zero-order valence-corrected chi connectivity index (χ0v) is 15.7. The summed E-state index contributed by atoms with van der Waals surface area (Å²) in [6, 6.07) is 17.7. The van der Waals surface area contributed by atoms with Gasteiger partial charge in [-0.25, -0.2) is 13.1 Å². The van der Waals surface area contributed by atoms with Crippen LogP contribution in [-0.4, -0.2) is 27.6 Å². The smallest absolute Gasteiger partial charge is 0.264 e. The first kappa shape index (κ1) is 18.6. The van der Waals surface area contributed by atoms with Gasteiger partial charge in [0.15, 0.2) is 0 Å². The Bertz CT molecular complexity index is 1120. The Morgan fingerprint density at radius 2 is 1.74 bits per heavy atom. The molecule has 138 valence electrons. The van der Waals surface area contributed by atoms with Crippen LogP contribution in [0, 0.1) is 0 Å². The molecule has 1 N–H and O–H groups in total. The summed E-state index contributed by atoms with van der Waals surface area (Å²) in [5, 5.41) is 2.07. The van der Waals surface area contributed by atoms with Crippen molar-refractivity contribution in [3.8, 4) is 5.75 Å². The van der Waals surface area contributed by atoms with Gasteiger partial charge in [-0.1, -0.05) is 30.3 Å². The van der Waals surface area contributed by atoms with Crippen LogP contribution >= 0.6 is 0 Å². The molecule has 0 saturated heterocycles. The zero-order valence-electron chi connectivity index (χ0n) is 14.8. The second-order valence-corrected chi connectivity index (χ2v) is 7.50. The molecule has 3 rings (SSSR count). The second kappa shape index (κ2) is 7.59. The summed E-state index contributed by atoms with van der Waals surface area (Å²) < 4.78 is 31.3. The van der Waals surface area contributed by atoms with Crippen molar-refractivity contribution in [3.63, 3.8) is 0 Å². The fourth-order valence-electron chi connectivity index (χ4n) is 2.69. The highest BCUT2D eigenvalue weighted by molar-refractivity contribution is 7.90. The van der Waals surface area contributed by atoms with Crippen LogP contribution in [0.25, 0.3) is 10.8 Å². The first-order valence-electron chi connectivity index (χ1n) is 8.14. The first-order valence-corrected chi connectivity index (χ1v) is 9.62. The van der Waals surface area contributed by atoms with Crippen molar-refractivity contribution in [2.45, 2.75) is 11.8 Å². The molecule has 0 aliphatic carbocycles. The standard InChI is InChI=1S/C20H18N2O4S/c1-14(23)22-27(24,25)17-10-8-16(9-11-17)21-13-19-18-6-4-3-5-15(18)7-12-20(19)26-2/h3-13H,1-2H3,(H,22,23). The number of carbonyl (C=O) groups excluding carboxylic acids is 1. The number of nitrogens with zero attached hydrogens (tertiary/aromatic N) is 1. The zero-order chi connectivity index (χ0) is 19.4. The summed E-state index contributed by atoms with van der Waals surface area (Å²) in [6.07, 6.45) is 1.69. The number of nitrogens with one attached hydrogen (secondary N) is 1. The Balaban J connectivity index is 1.93. The lowest BCUT2D eigenvalue weighted by molar-refractivity contribution is -0.117. The molecule has 7 heteroatoms. The maximum Gasteiger partial charge on any atom is 0.264 e. The normalized spacial score (nSPS) is 11.6. The number of benzene rings is 3. The maximum atomic E-state index is 12.0. The molecular weight excluding hydrogens is 364 g/mol. The molecule has 0 saturated carbocycles. The Morgan fingerprint density at radius 3 is 2.41 bits per heavy atom. The topological polar surface area (TPSA) is 84.8 Å². The van der Waals surface area contributed by atoms with E-state index in [4.69, 9.17) is 4.74 Å². The van der Waals surface area contributed by atoms with Crippen molar-refractivity contribution in [3.05, 3.63) is 66.2 Å². The Hall–Kier alpha value is -3.19. The van der Waals surface area contributed by atoms with E-state index in [0.29, 0.717) is 11.4 Å². The second-order valence-electron chi connectivity index (χ2n) is 5.82. The van der Waals surface area contributed by atoms with Gasteiger partial charge in [-0.05, 0) is 41.1 Å². The van der Waals surface area contributed by atoms with Crippen molar-refractivity contribution < 1.29 is 17.9 Å². The Kier molecular flexibility index (Phi) is 5.23. The van der Waals surface area contributed by atoms with Crippen LogP contribution in [0.5, 0.6) is 5.75 Å². The minimum atomic E-state index is -3.85.